The number of halogens is 1. The van der Waals surface area contributed by atoms with E-state index < -0.39 is 11.5 Å². The van der Waals surface area contributed by atoms with Crippen LogP contribution in [0.5, 0.6) is 0 Å². The first-order chi connectivity index (χ1) is 8.77. The third-order valence-electron chi connectivity index (χ3n) is 2.75. The van der Waals surface area contributed by atoms with Gasteiger partial charge in [-0.15, -0.1) is 0 Å². The first-order valence-electron chi connectivity index (χ1n) is 5.91. The number of rotatable bonds is 5. The van der Waals surface area contributed by atoms with E-state index in [0.29, 0.717) is 12.1 Å². The molecule has 0 aliphatic carbocycles. The molecule has 1 atom stereocenters. The molecule has 19 heavy (non-hydrogen) atoms. The van der Waals surface area contributed by atoms with Gasteiger partial charge < -0.3 is 16.2 Å². The van der Waals surface area contributed by atoms with Crippen molar-refractivity contribution < 1.29 is 14.7 Å². The van der Waals surface area contributed by atoms with Crippen molar-refractivity contribution in [2.45, 2.75) is 32.2 Å². The maximum absolute atomic E-state index is 12.0. The predicted octanol–water partition coefficient (Wildman–Crippen LogP) is 2.49. The lowest BCUT2D eigenvalue weighted by Crippen LogP contribution is -2.48. The van der Waals surface area contributed by atoms with E-state index in [9.17, 15) is 9.59 Å². The molecule has 1 unspecified atom stereocenters. The molecule has 104 valence electrons. The Balaban J connectivity index is 2.89. The standard InChI is InChI=1S/C13H17ClN2O3/c1-3-6-13(2,15)12(19)16-10-5-4-8(11(17)18)7-9(10)14/h4-5,7H,3,6,15H2,1-2H3,(H,16,19)(H,17,18). The number of carboxylic acid groups (broad SMARTS) is 1. The van der Waals surface area contributed by atoms with Gasteiger partial charge in [-0.1, -0.05) is 24.9 Å². The van der Waals surface area contributed by atoms with Crippen molar-refractivity contribution in [2.24, 2.45) is 5.73 Å². The average molecular weight is 285 g/mol. The number of nitrogens with one attached hydrogen (secondary N) is 1. The molecule has 0 radical (unpaired) electrons. The maximum atomic E-state index is 12.0. The third kappa shape index (κ3) is 3.94. The highest BCUT2D eigenvalue weighted by atomic mass is 35.5. The zero-order valence-electron chi connectivity index (χ0n) is 10.9. The Morgan fingerprint density at radius 1 is 1.47 bits per heavy atom. The largest absolute Gasteiger partial charge is 0.478 e. The first kappa shape index (κ1) is 15.5. The summed E-state index contributed by atoms with van der Waals surface area (Å²) < 4.78 is 0. The minimum Gasteiger partial charge on any atom is -0.478 e. The number of carbonyl (C=O) groups excluding carboxylic acids is 1. The molecule has 0 fully saturated rings. The van der Waals surface area contributed by atoms with Crippen molar-refractivity contribution in [1.29, 1.82) is 0 Å². The molecule has 1 amide bonds. The van der Waals surface area contributed by atoms with Crippen LogP contribution in [-0.2, 0) is 4.79 Å². The van der Waals surface area contributed by atoms with E-state index in [-0.39, 0.29) is 16.5 Å². The van der Waals surface area contributed by atoms with Crippen molar-refractivity contribution in [3.8, 4) is 0 Å². The molecule has 0 aromatic heterocycles. The van der Waals surface area contributed by atoms with E-state index in [2.05, 4.69) is 5.32 Å². The number of carboxylic acids is 1. The van der Waals surface area contributed by atoms with Crippen LogP contribution in [-0.4, -0.2) is 22.5 Å². The second-order valence-corrected chi connectivity index (χ2v) is 5.03. The highest BCUT2D eigenvalue weighted by molar-refractivity contribution is 6.34. The number of hydrogen-bond donors (Lipinski definition) is 3. The van der Waals surface area contributed by atoms with Gasteiger partial charge in [0.1, 0.15) is 0 Å². The smallest absolute Gasteiger partial charge is 0.335 e. The molecule has 5 nitrogen and oxygen atoms in total. The molecule has 0 aliphatic heterocycles. The molecule has 0 heterocycles. The van der Waals surface area contributed by atoms with E-state index in [0.717, 1.165) is 6.42 Å². The minimum atomic E-state index is -1.07. The van der Waals surface area contributed by atoms with Gasteiger partial charge in [-0.25, -0.2) is 4.79 Å². The lowest BCUT2D eigenvalue weighted by atomic mass is 9.96. The second kappa shape index (κ2) is 6.04. The molecular weight excluding hydrogens is 268 g/mol. The number of hydrogen-bond acceptors (Lipinski definition) is 3. The van der Waals surface area contributed by atoms with Crippen LogP contribution < -0.4 is 11.1 Å². The van der Waals surface area contributed by atoms with Crippen molar-refractivity contribution >= 4 is 29.2 Å². The quantitative estimate of drug-likeness (QED) is 0.774. The molecule has 4 N–H and O–H groups in total. The molecule has 0 aliphatic rings. The van der Waals surface area contributed by atoms with Gasteiger partial charge in [0, 0.05) is 0 Å². The molecule has 0 spiro atoms. The lowest BCUT2D eigenvalue weighted by Gasteiger charge is -2.23. The zero-order valence-corrected chi connectivity index (χ0v) is 11.6. The Morgan fingerprint density at radius 2 is 2.11 bits per heavy atom. The number of anilines is 1. The minimum absolute atomic E-state index is 0.0621. The van der Waals surface area contributed by atoms with Crippen LogP contribution in [0, 0.1) is 0 Å². The number of amides is 1. The molecule has 6 heteroatoms. The Kier molecular flexibility index (Phi) is 4.91. The van der Waals surface area contributed by atoms with E-state index in [4.69, 9.17) is 22.4 Å². The van der Waals surface area contributed by atoms with Crippen LogP contribution in [0.25, 0.3) is 0 Å². The lowest BCUT2D eigenvalue weighted by molar-refractivity contribution is -0.120. The van der Waals surface area contributed by atoms with Crippen molar-refractivity contribution in [1.82, 2.24) is 0 Å². The molecule has 1 aromatic carbocycles. The topological polar surface area (TPSA) is 92.4 Å². The van der Waals surface area contributed by atoms with Crippen LogP contribution in [0.1, 0.15) is 37.0 Å². The van der Waals surface area contributed by atoms with Gasteiger partial charge in [-0.3, -0.25) is 4.79 Å². The summed E-state index contributed by atoms with van der Waals surface area (Å²) >= 11 is 5.93. The summed E-state index contributed by atoms with van der Waals surface area (Å²) in [5.41, 5.74) is 5.33. The van der Waals surface area contributed by atoms with Crippen molar-refractivity contribution in [3.05, 3.63) is 28.8 Å². The van der Waals surface area contributed by atoms with Gasteiger partial charge in [0.15, 0.2) is 0 Å². The molecule has 0 saturated carbocycles. The van der Waals surface area contributed by atoms with Crippen molar-refractivity contribution in [2.75, 3.05) is 5.32 Å². The van der Waals surface area contributed by atoms with Crippen LogP contribution in [0.4, 0.5) is 5.69 Å². The number of aromatic carboxylic acids is 1. The highest BCUT2D eigenvalue weighted by Crippen LogP contribution is 2.24. The van der Waals surface area contributed by atoms with E-state index in [1.807, 2.05) is 6.92 Å². The zero-order chi connectivity index (χ0) is 14.6. The SMILES string of the molecule is CCCC(C)(N)C(=O)Nc1ccc(C(=O)O)cc1Cl. The summed E-state index contributed by atoms with van der Waals surface area (Å²) in [6.07, 6.45) is 1.33. The first-order valence-corrected chi connectivity index (χ1v) is 6.29. The van der Waals surface area contributed by atoms with Gasteiger partial charge in [-0.2, -0.15) is 0 Å². The Morgan fingerprint density at radius 3 is 2.58 bits per heavy atom. The summed E-state index contributed by atoms with van der Waals surface area (Å²) in [7, 11) is 0. The monoisotopic (exact) mass is 284 g/mol. The number of benzene rings is 1. The normalized spacial score (nSPS) is 13.7. The summed E-state index contributed by atoms with van der Waals surface area (Å²) in [6, 6.07) is 4.11. The Bertz CT molecular complexity index is 501. The predicted molar refractivity (Wildman–Crippen MR) is 74.5 cm³/mol. The van der Waals surface area contributed by atoms with E-state index in [1.54, 1.807) is 6.92 Å². The second-order valence-electron chi connectivity index (χ2n) is 4.62. The average Bonchev–Trinajstić information content (AvgIpc) is 2.31. The van der Waals surface area contributed by atoms with Crippen LogP contribution in [0.15, 0.2) is 18.2 Å². The van der Waals surface area contributed by atoms with Gasteiger partial charge >= 0.3 is 5.97 Å². The number of nitrogens with two attached hydrogens (primary N) is 1. The van der Waals surface area contributed by atoms with Gasteiger partial charge in [0.2, 0.25) is 5.91 Å². The summed E-state index contributed by atoms with van der Waals surface area (Å²) in [5.74, 6) is -1.42. The van der Waals surface area contributed by atoms with Crippen LogP contribution in [0.3, 0.4) is 0 Å². The summed E-state index contributed by atoms with van der Waals surface area (Å²) in [4.78, 5) is 22.7. The third-order valence-corrected chi connectivity index (χ3v) is 3.06. The molecule has 0 saturated heterocycles. The highest BCUT2D eigenvalue weighted by Gasteiger charge is 2.27. The maximum Gasteiger partial charge on any atom is 0.335 e. The Hall–Kier alpha value is -1.59. The Labute approximate surface area is 116 Å². The molecule has 1 aromatic rings. The fourth-order valence-corrected chi connectivity index (χ4v) is 1.88. The van der Waals surface area contributed by atoms with Gasteiger partial charge in [0.05, 0.1) is 21.8 Å². The summed E-state index contributed by atoms with van der Waals surface area (Å²) in [6.45, 7) is 3.58. The fraction of sp³-hybridized carbons (Fsp3) is 0.385. The van der Waals surface area contributed by atoms with E-state index in [1.165, 1.54) is 18.2 Å². The van der Waals surface area contributed by atoms with Crippen molar-refractivity contribution in [3.63, 3.8) is 0 Å². The van der Waals surface area contributed by atoms with Crippen LogP contribution in [0.2, 0.25) is 5.02 Å². The molecule has 0 bridgehead atoms. The van der Waals surface area contributed by atoms with E-state index >= 15 is 0 Å². The van der Waals surface area contributed by atoms with Gasteiger partial charge in [0.25, 0.3) is 0 Å². The molecule has 1 rings (SSSR count). The number of carbonyl (C=O) groups is 2. The molecular formula is C13H17ClN2O3. The van der Waals surface area contributed by atoms with Crippen LogP contribution >= 0.6 is 11.6 Å². The summed E-state index contributed by atoms with van der Waals surface area (Å²) in [5, 5.41) is 11.6. The fourth-order valence-electron chi connectivity index (χ4n) is 1.65. The van der Waals surface area contributed by atoms with Gasteiger partial charge in [-0.05, 0) is 31.5 Å².